The lowest BCUT2D eigenvalue weighted by atomic mass is 9.81. The maximum Gasteiger partial charge on any atom is 0.306 e. The number of carboxylic acid groups (broad SMARTS) is 1. The average molecular weight is 748 g/mol. The fourth-order valence-corrected chi connectivity index (χ4v) is 8.53. The van der Waals surface area contributed by atoms with Gasteiger partial charge in [-0.05, 0) is 50.3 Å². The van der Waals surface area contributed by atoms with E-state index in [0.717, 1.165) is 94.0 Å². The van der Waals surface area contributed by atoms with E-state index in [4.69, 9.17) is 28.2 Å². The summed E-state index contributed by atoms with van der Waals surface area (Å²) in [5.41, 5.74) is 5.95. The number of halogens is 2. The number of aromatic nitrogens is 4. The normalized spacial score (nSPS) is 19.2. The highest BCUT2D eigenvalue weighted by Gasteiger charge is 2.31. The minimum absolute atomic E-state index is 0.222. The SMILES string of the molecule is CCN1CCc2c(nc(C(=O)Nc3cccc(-c4cccc(NC(=O)c5nc6c(n5C)CCN(C[C@H]5CC[C@@H](C(=O)O)CC5)C6)c4Cl)c3Cl)n2C)C1. The highest BCUT2D eigenvalue weighted by atomic mass is 35.5. The number of benzene rings is 2. The summed E-state index contributed by atoms with van der Waals surface area (Å²) in [5.74, 6) is -0.527. The smallest absolute Gasteiger partial charge is 0.306 e. The zero-order chi connectivity index (χ0) is 36.7. The molecule has 2 aromatic carbocycles. The van der Waals surface area contributed by atoms with Gasteiger partial charge in [-0.1, -0.05) is 54.4 Å². The molecule has 2 aromatic heterocycles. The van der Waals surface area contributed by atoms with E-state index in [-0.39, 0.29) is 17.7 Å². The van der Waals surface area contributed by atoms with E-state index in [1.807, 2.05) is 35.4 Å². The molecule has 14 heteroatoms. The molecule has 274 valence electrons. The number of hydrogen-bond donors (Lipinski definition) is 3. The third kappa shape index (κ3) is 7.09. The molecule has 7 rings (SSSR count). The van der Waals surface area contributed by atoms with E-state index in [1.165, 1.54) is 0 Å². The lowest BCUT2D eigenvalue weighted by Crippen LogP contribution is -2.36. The number of carbonyl (C=O) groups excluding carboxylic acids is 2. The lowest BCUT2D eigenvalue weighted by molar-refractivity contribution is -0.143. The van der Waals surface area contributed by atoms with Crippen LogP contribution in [0, 0.1) is 11.8 Å². The number of nitrogens with one attached hydrogen (secondary N) is 2. The molecule has 1 aliphatic carbocycles. The van der Waals surface area contributed by atoms with E-state index in [1.54, 1.807) is 24.3 Å². The van der Waals surface area contributed by atoms with Crippen LogP contribution in [0.3, 0.4) is 0 Å². The van der Waals surface area contributed by atoms with Crippen molar-refractivity contribution in [1.82, 2.24) is 28.9 Å². The molecule has 4 aromatic rings. The molecule has 2 aliphatic heterocycles. The minimum atomic E-state index is -0.685. The van der Waals surface area contributed by atoms with Crippen LogP contribution in [0.4, 0.5) is 11.4 Å². The number of carboxylic acids is 1. The van der Waals surface area contributed by atoms with Gasteiger partial charge in [-0.2, -0.15) is 0 Å². The molecule has 1 fully saturated rings. The Balaban J connectivity index is 1.04. The first-order chi connectivity index (χ1) is 25.0. The monoisotopic (exact) mass is 746 g/mol. The molecule has 0 saturated heterocycles. The largest absolute Gasteiger partial charge is 0.481 e. The van der Waals surface area contributed by atoms with Gasteiger partial charge >= 0.3 is 5.97 Å². The van der Waals surface area contributed by atoms with E-state index in [0.29, 0.717) is 56.7 Å². The third-order valence-corrected chi connectivity index (χ3v) is 11.8. The van der Waals surface area contributed by atoms with E-state index in [2.05, 4.69) is 32.3 Å². The Labute approximate surface area is 313 Å². The molecule has 0 spiro atoms. The highest BCUT2D eigenvalue weighted by Crippen LogP contribution is 2.40. The number of amides is 2. The second-order valence-corrected chi connectivity index (χ2v) is 14.9. The Bertz CT molecular complexity index is 2030. The van der Waals surface area contributed by atoms with Crippen LogP contribution < -0.4 is 10.6 Å². The maximum atomic E-state index is 13.7. The van der Waals surface area contributed by atoms with E-state index in [9.17, 15) is 19.5 Å². The van der Waals surface area contributed by atoms with Crippen molar-refractivity contribution in [2.75, 3.05) is 36.8 Å². The van der Waals surface area contributed by atoms with Gasteiger partial charge in [0.25, 0.3) is 11.8 Å². The first-order valence-electron chi connectivity index (χ1n) is 18.0. The molecule has 0 radical (unpaired) electrons. The summed E-state index contributed by atoms with van der Waals surface area (Å²) in [5, 5.41) is 15.9. The zero-order valence-corrected chi connectivity index (χ0v) is 31.2. The number of likely N-dealkylation sites (N-methyl/N-ethyl adjacent to an activating group) is 1. The summed E-state index contributed by atoms with van der Waals surface area (Å²) < 4.78 is 3.72. The van der Waals surface area contributed by atoms with Crippen LogP contribution in [0.15, 0.2) is 36.4 Å². The fraction of sp³-hybridized carbons (Fsp3) is 0.447. The average Bonchev–Trinajstić information content (AvgIpc) is 3.65. The van der Waals surface area contributed by atoms with Gasteiger partial charge in [0.15, 0.2) is 11.6 Å². The van der Waals surface area contributed by atoms with Crippen LogP contribution in [-0.2, 0) is 44.8 Å². The van der Waals surface area contributed by atoms with Gasteiger partial charge in [-0.3, -0.25) is 24.2 Å². The topological polar surface area (TPSA) is 138 Å². The van der Waals surface area contributed by atoms with Crippen molar-refractivity contribution in [2.24, 2.45) is 25.9 Å². The van der Waals surface area contributed by atoms with Gasteiger partial charge < -0.3 is 24.9 Å². The molecular weight excluding hydrogens is 703 g/mol. The van der Waals surface area contributed by atoms with Crippen molar-refractivity contribution in [2.45, 2.75) is 58.5 Å². The predicted octanol–water partition coefficient (Wildman–Crippen LogP) is 6.26. The zero-order valence-electron chi connectivity index (χ0n) is 29.7. The Morgan fingerprint density at radius 3 is 1.73 bits per heavy atom. The fourth-order valence-electron chi connectivity index (χ4n) is 7.98. The van der Waals surface area contributed by atoms with Crippen molar-refractivity contribution in [3.63, 3.8) is 0 Å². The highest BCUT2D eigenvalue weighted by molar-refractivity contribution is 6.40. The van der Waals surface area contributed by atoms with E-state index >= 15 is 0 Å². The van der Waals surface area contributed by atoms with Gasteiger partial charge in [0, 0.05) is 82.2 Å². The first kappa shape index (κ1) is 36.1. The number of rotatable bonds is 9. The van der Waals surface area contributed by atoms with Crippen molar-refractivity contribution < 1.29 is 19.5 Å². The number of imidazole rings is 2. The molecule has 0 unspecified atom stereocenters. The number of anilines is 2. The van der Waals surface area contributed by atoms with Crippen LogP contribution >= 0.6 is 23.2 Å². The van der Waals surface area contributed by atoms with E-state index < -0.39 is 5.97 Å². The Hall–Kier alpha value is -4.23. The van der Waals surface area contributed by atoms with Crippen molar-refractivity contribution >= 4 is 52.4 Å². The molecule has 0 atom stereocenters. The van der Waals surface area contributed by atoms with Crippen molar-refractivity contribution in [3.05, 3.63) is 80.9 Å². The van der Waals surface area contributed by atoms with Crippen molar-refractivity contribution in [1.29, 1.82) is 0 Å². The summed E-state index contributed by atoms with van der Waals surface area (Å²) in [4.78, 5) is 52.6. The standard InChI is InChI=1S/C38H44Cl2N8O4/c1-4-47-17-15-30-28(20-47)41-34(45(30)2)36(49)43-26-9-5-7-24(32(26)39)25-8-6-10-27(33(25)40)44-37(50)35-42-29-21-48(18-16-31(29)46(35)3)19-22-11-13-23(14-12-22)38(51)52/h5-10,22-23H,4,11-21H2,1-3H3,(H,43,49)(H,44,50)(H,51,52)/t22-,23+. The Kier molecular flexibility index (Phi) is 10.4. The molecule has 52 heavy (non-hydrogen) atoms. The quantitative estimate of drug-likeness (QED) is 0.183. The second-order valence-electron chi connectivity index (χ2n) is 14.2. The van der Waals surface area contributed by atoms with Gasteiger partial charge in [0.1, 0.15) is 0 Å². The summed E-state index contributed by atoms with van der Waals surface area (Å²) in [6.45, 7) is 7.12. The molecule has 4 heterocycles. The molecule has 1 saturated carbocycles. The maximum absolute atomic E-state index is 13.7. The number of aliphatic carboxylic acids is 1. The van der Waals surface area contributed by atoms with Gasteiger partial charge in [0.2, 0.25) is 0 Å². The molecule has 3 aliphatic rings. The summed E-state index contributed by atoms with van der Waals surface area (Å²) >= 11 is 13.9. The van der Waals surface area contributed by atoms with Crippen LogP contribution in [0.2, 0.25) is 10.0 Å². The number of nitrogens with zero attached hydrogens (tertiary/aromatic N) is 6. The number of fused-ring (bicyclic) bond motifs is 2. The first-order valence-corrected chi connectivity index (χ1v) is 18.7. The van der Waals surface area contributed by atoms with Crippen LogP contribution in [0.25, 0.3) is 11.1 Å². The summed E-state index contributed by atoms with van der Waals surface area (Å²) in [6, 6.07) is 10.7. The van der Waals surface area contributed by atoms with Gasteiger partial charge in [-0.15, -0.1) is 0 Å². The lowest BCUT2D eigenvalue weighted by Gasteiger charge is -2.33. The molecule has 2 amide bonds. The molecule has 0 bridgehead atoms. The van der Waals surface area contributed by atoms with Crippen LogP contribution in [0.1, 0.15) is 76.6 Å². The minimum Gasteiger partial charge on any atom is -0.481 e. The number of hydrogen-bond acceptors (Lipinski definition) is 7. The van der Waals surface area contributed by atoms with Gasteiger partial charge in [0.05, 0.1) is 38.7 Å². The van der Waals surface area contributed by atoms with Crippen LogP contribution in [-0.4, -0.2) is 78.0 Å². The summed E-state index contributed by atoms with van der Waals surface area (Å²) in [7, 11) is 3.73. The van der Waals surface area contributed by atoms with Crippen molar-refractivity contribution in [3.8, 4) is 11.1 Å². The van der Waals surface area contributed by atoms with Crippen LogP contribution in [0.5, 0.6) is 0 Å². The molecular formula is C38H44Cl2N8O4. The Morgan fingerprint density at radius 1 is 0.769 bits per heavy atom. The molecule has 12 nitrogen and oxygen atoms in total. The molecule has 3 N–H and O–H groups in total. The predicted molar refractivity (Wildman–Crippen MR) is 201 cm³/mol. The summed E-state index contributed by atoms with van der Waals surface area (Å²) in [6.07, 6.45) is 4.92. The second kappa shape index (κ2) is 15.0. The third-order valence-electron chi connectivity index (χ3n) is 11.0. The number of carbonyl (C=O) groups is 3. The van der Waals surface area contributed by atoms with Gasteiger partial charge in [-0.25, -0.2) is 9.97 Å². The Morgan fingerprint density at radius 2 is 1.25 bits per heavy atom.